The number of rotatable bonds is 9. The molecule has 3 aliphatic heterocycles. The molecule has 0 aromatic heterocycles. The van der Waals surface area contributed by atoms with Gasteiger partial charge in [0.05, 0.1) is 13.2 Å². The van der Waals surface area contributed by atoms with Crippen molar-refractivity contribution in [3.63, 3.8) is 0 Å². The Morgan fingerprint density at radius 2 is 1.76 bits per heavy atom. The van der Waals surface area contributed by atoms with Gasteiger partial charge in [-0.2, -0.15) is 0 Å². The van der Waals surface area contributed by atoms with Gasteiger partial charge in [0.15, 0.2) is 6.29 Å². The molecule has 4 heteroatoms. The van der Waals surface area contributed by atoms with E-state index in [-0.39, 0.29) is 18.5 Å². The van der Waals surface area contributed by atoms with Crippen LogP contribution in [0, 0.1) is 5.92 Å². The topological polar surface area (TPSA) is 40.2 Å². The zero-order valence-electron chi connectivity index (χ0n) is 13.5. The zero-order valence-corrected chi connectivity index (χ0v) is 13.5. The second kappa shape index (κ2) is 6.95. The van der Waals surface area contributed by atoms with Gasteiger partial charge in [0, 0.05) is 5.92 Å². The highest BCUT2D eigenvalue weighted by Crippen LogP contribution is 2.52. The summed E-state index contributed by atoms with van der Waals surface area (Å²) in [4.78, 5) is 0. The van der Waals surface area contributed by atoms with E-state index < -0.39 is 5.79 Å². The summed E-state index contributed by atoms with van der Waals surface area (Å²) in [6.07, 6.45) is 10.4. The Morgan fingerprint density at radius 1 is 1.00 bits per heavy atom. The summed E-state index contributed by atoms with van der Waals surface area (Å²) in [6, 6.07) is 0. The van der Waals surface area contributed by atoms with Gasteiger partial charge in [-0.3, -0.25) is 0 Å². The molecule has 3 saturated heterocycles. The molecule has 3 fully saturated rings. The fourth-order valence-corrected chi connectivity index (χ4v) is 3.58. The molecule has 0 aromatic carbocycles. The van der Waals surface area contributed by atoms with Gasteiger partial charge < -0.3 is 18.9 Å². The Kier molecular flexibility index (Phi) is 5.20. The second-order valence-corrected chi connectivity index (χ2v) is 6.85. The van der Waals surface area contributed by atoms with E-state index >= 15 is 0 Å². The van der Waals surface area contributed by atoms with E-state index in [0.717, 1.165) is 13.0 Å². The molecule has 122 valence electrons. The number of hydrogen-bond acceptors (Lipinski definition) is 4. The van der Waals surface area contributed by atoms with Crippen LogP contribution >= 0.6 is 0 Å². The predicted octanol–water partition coefficient (Wildman–Crippen LogP) is 3.63. The molecule has 0 aliphatic carbocycles. The van der Waals surface area contributed by atoms with Crippen LogP contribution in [0.5, 0.6) is 0 Å². The van der Waals surface area contributed by atoms with Crippen LogP contribution in [0.1, 0.15) is 65.2 Å². The number of epoxide rings is 1. The third kappa shape index (κ3) is 3.44. The molecule has 3 unspecified atom stereocenters. The van der Waals surface area contributed by atoms with Crippen LogP contribution < -0.4 is 0 Å². The summed E-state index contributed by atoms with van der Waals surface area (Å²) in [6.45, 7) is 5.83. The highest BCUT2D eigenvalue weighted by atomic mass is 16.8. The molecule has 0 N–H and O–H groups in total. The molecule has 0 spiro atoms. The van der Waals surface area contributed by atoms with Crippen molar-refractivity contribution < 1.29 is 18.9 Å². The Hall–Kier alpha value is -0.160. The fraction of sp³-hybridized carbons (Fsp3) is 1.00. The maximum absolute atomic E-state index is 6.01. The lowest BCUT2D eigenvalue weighted by molar-refractivity contribution is -0.142. The third-order valence-electron chi connectivity index (χ3n) is 4.98. The molecule has 21 heavy (non-hydrogen) atoms. The highest BCUT2D eigenvalue weighted by Gasteiger charge is 2.71. The molecule has 0 saturated carbocycles. The van der Waals surface area contributed by atoms with E-state index in [1.54, 1.807) is 0 Å². The smallest absolute Gasteiger partial charge is 0.225 e. The molecule has 3 rings (SSSR count). The first-order valence-electron chi connectivity index (χ1n) is 8.85. The summed E-state index contributed by atoms with van der Waals surface area (Å²) in [5.74, 6) is 0.0182. The van der Waals surface area contributed by atoms with Gasteiger partial charge in [-0.25, -0.2) is 0 Å². The van der Waals surface area contributed by atoms with Gasteiger partial charge in [-0.05, 0) is 12.8 Å². The van der Waals surface area contributed by atoms with Crippen LogP contribution in [-0.4, -0.2) is 37.5 Å². The number of hydrogen-bond donors (Lipinski definition) is 0. The third-order valence-corrected chi connectivity index (χ3v) is 4.98. The summed E-state index contributed by atoms with van der Waals surface area (Å²) in [7, 11) is 0. The van der Waals surface area contributed by atoms with E-state index in [1.807, 2.05) is 0 Å². The Bertz CT molecular complexity index is 335. The van der Waals surface area contributed by atoms with Crippen molar-refractivity contribution in [2.45, 2.75) is 89.5 Å². The average molecular weight is 298 g/mol. The summed E-state index contributed by atoms with van der Waals surface area (Å²) in [5, 5.41) is 0. The predicted molar refractivity (Wildman–Crippen MR) is 79.9 cm³/mol. The second-order valence-electron chi connectivity index (χ2n) is 6.85. The standard InChI is InChI=1S/C17H30O4/c1-3-4-5-6-7-8-9-10-15-18-12-14(20-15)17-16(21-17)13(2)11-19-17/h13-16H,3-12H2,1-2H3/t13-,14?,15?,16?,17+/m1/s1. The lowest BCUT2D eigenvalue weighted by atomic mass is 10.1. The van der Waals surface area contributed by atoms with E-state index in [0.29, 0.717) is 12.5 Å². The lowest BCUT2D eigenvalue weighted by Gasteiger charge is -2.16. The summed E-state index contributed by atoms with van der Waals surface area (Å²) >= 11 is 0. The first-order chi connectivity index (χ1) is 10.3. The van der Waals surface area contributed by atoms with Crippen LogP contribution in [0.4, 0.5) is 0 Å². The summed E-state index contributed by atoms with van der Waals surface area (Å²) < 4.78 is 23.3. The number of unbranched alkanes of at least 4 members (excludes halogenated alkanes) is 6. The highest BCUT2D eigenvalue weighted by molar-refractivity contribution is 5.08. The van der Waals surface area contributed by atoms with E-state index in [2.05, 4.69) is 13.8 Å². The maximum Gasteiger partial charge on any atom is 0.225 e. The largest absolute Gasteiger partial charge is 0.350 e. The van der Waals surface area contributed by atoms with E-state index in [4.69, 9.17) is 18.9 Å². The molecule has 3 heterocycles. The monoisotopic (exact) mass is 298 g/mol. The Balaban J connectivity index is 1.28. The van der Waals surface area contributed by atoms with Crippen molar-refractivity contribution in [2.24, 2.45) is 5.92 Å². The van der Waals surface area contributed by atoms with Gasteiger partial charge in [0.2, 0.25) is 5.79 Å². The maximum atomic E-state index is 6.01. The van der Waals surface area contributed by atoms with Crippen LogP contribution in [0.25, 0.3) is 0 Å². The average Bonchev–Trinajstić information content (AvgIpc) is 2.87. The molecular formula is C17H30O4. The van der Waals surface area contributed by atoms with Crippen molar-refractivity contribution >= 4 is 0 Å². The van der Waals surface area contributed by atoms with Crippen LogP contribution in [-0.2, 0) is 18.9 Å². The molecule has 0 aromatic rings. The molecule has 0 amide bonds. The van der Waals surface area contributed by atoms with Gasteiger partial charge in [-0.1, -0.05) is 52.4 Å². The van der Waals surface area contributed by atoms with Gasteiger partial charge in [0.25, 0.3) is 0 Å². The normalized spacial score (nSPS) is 41.4. The minimum absolute atomic E-state index is 0.0259. The quantitative estimate of drug-likeness (QED) is 0.481. The molecular weight excluding hydrogens is 268 g/mol. The molecule has 5 atom stereocenters. The molecule has 0 radical (unpaired) electrons. The van der Waals surface area contributed by atoms with E-state index in [1.165, 1.54) is 44.9 Å². The Morgan fingerprint density at radius 3 is 2.43 bits per heavy atom. The molecule has 4 nitrogen and oxygen atoms in total. The molecule has 3 aliphatic rings. The molecule has 0 bridgehead atoms. The zero-order chi connectivity index (χ0) is 14.7. The fourth-order valence-electron chi connectivity index (χ4n) is 3.58. The van der Waals surface area contributed by atoms with Crippen molar-refractivity contribution in [1.29, 1.82) is 0 Å². The summed E-state index contributed by atoms with van der Waals surface area (Å²) in [5.41, 5.74) is 0. The van der Waals surface area contributed by atoms with Crippen molar-refractivity contribution in [1.82, 2.24) is 0 Å². The van der Waals surface area contributed by atoms with E-state index in [9.17, 15) is 0 Å². The van der Waals surface area contributed by atoms with Crippen molar-refractivity contribution in [3.8, 4) is 0 Å². The minimum atomic E-state index is -0.464. The van der Waals surface area contributed by atoms with Crippen LogP contribution in [0.15, 0.2) is 0 Å². The number of ether oxygens (including phenoxy) is 4. The van der Waals surface area contributed by atoms with Crippen molar-refractivity contribution in [2.75, 3.05) is 13.2 Å². The first-order valence-corrected chi connectivity index (χ1v) is 8.85. The van der Waals surface area contributed by atoms with Gasteiger partial charge in [-0.15, -0.1) is 0 Å². The van der Waals surface area contributed by atoms with Crippen molar-refractivity contribution in [3.05, 3.63) is 0 Å². The number of fused-ring (bicyclic) bond motifs is 1. The van der Waals surface area contributed by atoms with Gasteiger partial charge >= 0.3 is 0 Å². The first kappa shape index (κ1) is 15.7. The SMILES string of the molecule is CCCCCCCCCC1OCC([C@@]23OC[C@@H](C)C2O3)O1. The lowest BCUT2D eigenvalue weighted by Crippen LogP contribution is -2.34. The van der Waals surface area contributed by atoms with Crippen LogP contribution in [0.3, 0.4) is 0 Å². The van der Waals surface area contributed by atoms with Crippen LogP contribution in [0.2, 0.25) is 0 Å². The minimum Gasteiger partial charge on any atom is -0.350 e. The van der Waals surface area contributed by atoms with Gasteiger partial charge in [0.1, 0.15) is 12.2 Å². The Labute approximate surface area is 128 Å².